The molecular weight excluding hydrogens is 418 g/mol. The van der Waals surface area contributed by atoms with E-state index in [9.17, 15) is 4.79 Å². The number of hydrogen-bond acceptors (Lipinski definition) is 3. The minimum Gasteiger partial charge on any atom is -0.489 e. The molecule has 0 spiro atoms. The molecule has 0 saturated heterocycles. The summed E-state index contributed by atoms with van der Waals surface area (Å²) in [4.78, 5) is 12.4. The molecule has 0 aliphatic carbocycles. The van der Waals surface area contributed by atoms with Gasteiger partial charge in [0.25, 0.3) is 5.91 Å². The summed E-state index contributed by atoms with van der Waals surface area (Å²) in [7, 11) is 0. The van der Waals surface area contributed by atoms with Crippen LogP contribution in [0.4, 0.5) is 0 Å². The van der Waals surface area contributed by atoms with Gasteiger partial charge < -0.3 is 10.1 Å². The minimum absolute atomic E-state index is 0.0733. The van der Waals surface area contributed by atoms with Gasteiger partial charge >= 0.3 is 0 Å². The number of benzene rings is 2. The van der Waals surface area contributed by atoms with E-state index in [1.165, 1.54) is 5.56 Å². The van der Waals surface area contributed by atoms with Gasteiger partial charge in [0.05, 0.1) is 10.7 Å². The molecule has 0 unspecified atom stereocenters. The highest BCUT2D eigenvalue weighted by Gasteiger charge is 2.06. The quantitative estimate of drug-likeness (QED) is 0.493. The summed E-state index contributed by atoms with van der Waals surface area (Å²) in [5, 5.41) is 7.16. The standard InChI is InChI=1S/C22H24BrN3O2/c1-2-17-7-9-21(10-8-17)28-16-18-5-3-6-19(13-18)22(27)24-11-4-12-26-15-20(23)14-25-26/h3,5-10,13-15H,2,4,11-12,16H2,1H3,(H,24,27). The largest absolute Gasteiger partial charge is 0.489 e. The molecule has 3 rings (SSSR count). The summed E-state index contributed by atoms with van der Waals surface area (Å²) >= 11 is 3.37. The first-order valence-corrected chi connectivity index (χ1v) is 10.2. The summed E-state index contributed by atoms with van der Waals surface area (Å²) in [6.45, 7) is 3.92. The number of hydrogen-bond donors (Lipinski definition) is 1. The van der Waals surface area contributed by atoms with Crippen molar-refractivity contribution in [1.82, 2.24) is 15.1 Å². The molecule has 0 atom stereocenters. The van der Waals surface area contributed by atoms with Gasteiger partial charge in [-0.25, -0.2) is 0 Å². The fourth-order valence-corrected chi connectivity index (χ4v) is 3.12. The van der Waals surface area contributed by atoms with Gasteiger partial charge in [-0.3, -0.25) is 9.48 Å². The third kappa shape index (κ3) is 5.96. The average Bonchev–Trinajstić information content (AvgIpc) is 3.15. The number of nitrogens with zero attached hydrogens (tertiary/aromatic N) is 2. The molecule has 2 aromatic carbocycles. The zero-order valence-electron chi connectivity index (χ0n) is 15.9. The normalized spacial score (nSPS) is 10.6. The number of ether oxygens (including phenoxy) is 1. The molecule has 0 saturated carbocycles. The molecule has 0 aliphatic heterocycles. The number of carbonyl (C=O) groups excluding carboxylic acids is 1. The van der Waals surface area contributed by atoms with E-state index in [0.29, 0.717) is 18.7 Å². The van der Waals surface area contributed by atoms with Crippen LogP contribution >= 0.6 is 15.9 Å². The summed E-state index contributed by atoms with van der Waals surface area (Å²) in [5.41, 5.74) is 2.89. The molecule has 1 heterocycles. The first-order valence-electron chi connectivity index (χ1n) is 9.41. The molecule has 0 aliphatic rings. The van der Waals surface area contributed by atoms with E-state index in [1.807, 2.05) is 47.3 Å². The van der Waals surface area contributed by atoms with Crippen molar-refractivity contribution in [3.05, 3.63) is 82.1 Å². The zero-order chi connectivity index (χ0) is 19.8. The molecular formula is C22H24BrN3O2. The van der Waals surface area contributed by atoms with Crippen LogP contribution in [0.5, 0.6) is 5.75 Å². The molecule has 1 aromatic heterocycles. The molecule has 0 bridgehead atoms. The Balaban J connectivity index is 1.46. The lowest BCUT2D eigenvalue weighted by atomic mass is 10.1. The third-order valence-corrected chi connectivity index (χ3v) is 4.79. The predicted molar refractivity (Wildman–Crippen MR) is 113 cm³/mol. The van der Waals surface area contributed by atoms with E-state index < -0.39 is 0 Å². The summed E-state index contributed by atoms with van der Waals surface area (Å²) in [6, 6.07) is 15.6. The number of amides is 1. The van der Waals surface area contributed by atoms with Gasteiger partial charge in [0, 0.05) is 24.8 Å². The molecule has 146 valence electrons. The van der Waals surface area contributed by atoms with Gasteiger partial charge in [0.1, 0.15) is 12.4 Å². The van der Waals surface area contributed by atoms with Crippen molar-refractivity contribution >= 4 is 21.8 Å². The van der Waals surface area contributed by atoms with Crippen LogP contribution in [0.15, 0.2) is 65.4 Å². The molecule has 1 amide bonds. The van der Waals surface area contributed by atoms with Crippen molar-refractivity contribution in [2.75, 3.05) is 6.54 Å². The molecule has 0 radical (unpaired) electrons. The Bertz CT molecular complexity index is 906. The number of rotatable bonds is 9. The van der Waals surface area contributed by atoms with Crippen LogP contribution in [0.25, 0.3) is 0 Å². The predicted octanol–water partition coefficient (Wildman–Crippen LogP) is 4.61. The van der Waals surface area contributed by atoms with Crippen molar-refractivity contribution in [3.8, 4) is 5.75 Å². The maximum Gasteiger partial charge on any atom is 0.251 e. The fraction of sp³-hybridized carbons (Fsp3) is 0.273. The lowest BCUT2D eigenvalue weighted by Crippen LogP contribution is -2.25. The first-order chi connectivity index (χ1) is 13.6. The molecule has 0 fully saturated rings. The van der Waals surface area contributed by atoms with Crippen LogP contribution in [0.2, 0.25) is 0 Å². The maximum absolute atomic E-state index is 12.4. The second-order valence-corrected chi connectivity index (χ2v) is 7.43. The maximum atomic E-state index is 12.4. The Morgan fingerprint density at radius 2 is 2.00 bits per heavy atom. The second kappa shape index (κ2) is 10.1. The van der Waals surface area contributed by atoms with E-state index in [1.54, 1.807) is 6.20 Å². The molecule has 5 nitrogen and oxygen atoms in total. The van der Waals surface area contributed by atoms with E-state index >= 15 is 0 Å². The highest BCUT2D eigenvalue weighted by Crippen LogP contribution is 2.15. The van der Waals surface area contributed by atoms with E-state index in [0.717, 1.165) is 35.2 Å². The number of aryl methyl sites for hydroxylation is 2. The van der Waals surface area contributed by atoms with Gasteiger partial charge in [-0.15, -0.1) is 0 Å². The number of aromatic nitrogens is 2. The Hall–Kier alpha value is -2.60. The van der Waals surface area contributed by atoms with Gasteiger partial charge in [0.2, 0.25) is 0 Å². The first kappa shape index (κ1) is 20.1. The van der Waals surface area contributed by atoms with Gasteiger partial charge in [-0.05, 0) is 64.2 Å². The van der Waals surface area contributed by atoms with Crippen LogP contribution in [0.1, 0.15) is 34.8 Å². The van der Waals surface area contributed by atoms with Crippen LogP contribution in [0, 0.1) is 0 Å². The van der Waals surface area contributed by atoms with Crippen molar-refractivity contribution in [2.24, 2.45) is 0 Å². The average molecular weight is 442 g/mol. The monoisotopic (exact) mass is 441 g/mol. The lowest BCUT2D eigenvalue weighted by molar-refractivity contribution is 0.0952. The highest BCUT2D eigenvalue weighted by atomic mass is 79.9. The zero-order valence-corrected chi connectivity index (χ0v) is 17.5. The summed E-state index contributed by atoms with van der Waals surface area (Å²) < 4.78 is 8.63. The highest BCUT2D eigenvalue weighted by molar-refractivity contribution is 9.10. The number of halogens is 1. The topological polar surface area (TPSA) is 56.1 Å². The molecule has 6 heteroatoms. The van der Waals surface area contributed by atoms with E-state index in [4.69, 9.17) is 4.74 Å². The summed E-state index contributed by atoms with van der Waals surface area (Å²) in [5.74, 6) is 0.758. The Morgan fingerprint density at radius 3 is 2.71 bits per heavy atom. The Morgan fingerprint density at radius 1 is 1.18 bits per heavy atom. The molecule has 28 heavy (non-hydrogen) atoms. The number of carbonyl (C=O) groups is 1. The van der Waals surface area contributed by atoms with Crippen LogP contribution in [-0.4, -0.2) is 22.2 Å². The van der Waals surface area contributed by atoms with E-state index in [2.05, 4.69) is 45.4 Å². The smallest absolute Gasteiger partial charge is 0.251 e. The SMILES string of the molecule is CCc1ccc(OCc2cccc(C(=O)NCCCn3cc(Br)cn3)c2)cc1. The van der Waals surface area contributed by atoms with Crippen molar-refractivity contribution in [1.29, 1.82) is 0 Å². The van der Waals surface area contributed by atoms with Gasteiger partial charge in [-0.2, -0.15) is 5.10 Å². The van der Waals surface area contributed by atoms with Crippen molar-refractivity contribution in [2.45, 2.75) is 32.9 Å². The van der Waals surface area contributed by atoms with E-state index in [-0.39, 0.29) is 5.91 Å². The third-order valence-electron chi connectivity index (χ3n) is 4.38. The second-order valence-electron chi connectivity index (χ2n) is 6.52. The lowest BCUT2D eigenvalue weighted by Gasteiger charge is -2.09. The van der Waals surface area contributed by atoms with Crippen LogP contribution < -0.4 is 10.1 Å². The molecule has 3 aromatic rings. The van der Waals surface area contributed by atoms with Gasteiger partial charge in [0.15, 0.2) is 0 Å². The number of nitrogens with one attached hydrogen (secondary N) is 1. The Labute approximate surface area is 173 Å². The molecule has 1 N–H and O–H groups in total. The van der Waals surface area contributed by atoms with Crippen molar-refractivity contribution in [3.63, 3.8) is 0 Å². The minimum atomic E-state index is -0.0733. The van der Waals surface area contributed by atoms with Gasteiger partial charge in [-0.1, -0.05) is 31.2 Å². The summed E-state index contributed by atoms with van der Waals surface area (Å²) in [6.07, 6.45) is 5.50. The van der Waals surface area contributed by atoms with Crippen molar-refractivity contribution < 1.29 is 9.53 Å². The Kier molecular flexibility index (Phi) is 7.25. The van der Waals surface area contributed by atoms with Crippen LogP contribution in [0.3, 0.4) is 0 Å². The van der Waals surface area contributed by atoms with Crippen LogP contribution in [-0.2, 0) is 19.6 Å². The fourth-order valence-electron chi connectivity index (χ4n) is 2.80.